The number of anilines is 3. The van der Waals surface area contributed by atoms with Gasteiger partial charge in [-0.25, -0.2) is 62.7 Å². The SMILES string of the molecule is C1CCOC1.C=COCC.CCO/C=C/C(=O)Cl.CCO/C=C/C(=O)Cl.CCO/C=C/C(=O)Nc1cccc(C(=O)OC)c1.CN(Cc1cc(Cl)ncn1)C(=O)OC(C)(C)C.CO.COC(=O)c1cccc(N)c1.COC(=O)c1cccc2[nH]c(=O)ccc12.COC(=O)c1cccc2nc(Oc3cc(CN(C)C(=O)OC(C)(C)C)ncn3)ccc12.N[N-]O.Nc1cccc(C(=O)O)c1.O=C(Cl)C(=O)Cl.O=S(Cl)Cl.[Li+]. The standard InChI is InChI=1S/C22H24N4O5.C13H15NO4.C11H16ClN3O2.C11H9NO3.C8H9NO2.C7H7NO2.2C5H7ClO2.2C4H8O.C2Cl2O2.CH4O.Cl2OS.Li.H3N2O/c1-22(2,3)31-21(28)26(4)12-14-11-19(24-13-23-14)30-18-10-9-15-16(20(27)29-5)7-6-8-17(15)25-18;1-3-18-8-7-12(15)14-11-6-4-5-10(9-11)13(16)17-2;1-11(2,3)17-10(16)15(4)6-8-5-9(12)14-7-13-8;1-15-11(14)8-3-2-4-9-7(8)5-6-10(13)12-9;1-11-8(10)6-3-2-4-7(9)5-6;8-6-3-1-2-5(4-6)7(9)10;2*1-2-8-4-3-5(6)7;1-2-4-5-3-1;1-3-5-4-2;3-1(5)2(4)6;1-2;1-4(2)3;;1-2-3/h6-11,13H,12H2,1-5H3;4-9H,3H2,1-2H3,(H,14,15);5,7H,6H2,1-4H3;2-6H,1H3,(H,12,13);2-5H,9H2,1H3;1-4H,8H2,(H,9,10);2*3-4H,2H2,1H3;1-4H2;3H,1,4H2,2H3;;2H,1H3;;;3H,1H2/q;;;;;;;;;;;;;+1;-1/b;8-7+;;;;;2*4-3+;;;;;;;. The molecule has 0 spiro atoms. The van der Waals surface area contributed by atoms with E-state index in [2.05, 4.69) is 121 Å². The zero-order valence-corrected chi connectivity index (χ0v) is 88.3. The number of aromatic amines is 1. The number of nitrogens with two attached hydrogens (primary N) is 3. The minimum Gasteiger partial charge on any atom is -0.502 e. The average Bonchev–Trinajstić information content (AvgIpc) is 0.952. The first-order valence-electron chi connectivity index (χ1n) is 41.2. The van der Waals surface area contributed by atoms with Gasteiger partial charge < -0.3 is 115 Å². The van der Waals surface area contributed by atoms with Crippen molar-refractivity contribution in [2.45, 2.75) is 106 Å². The molecule has 3 amide bonds. The number of ether oxygens (including phenoxy) is 12. The van der Waals surface area contributed by atoms with Crippen molar-refractivity contribution in [1.29, 1.82) is 0 Å². The Hall–Kier alpha value is -12.9. The van der Waals surface area contributed by atoms with Gasteiger partial charge >= 0.3 is 71.4 Å². The molecule has 10 rings (SSSR count). The number of allylic oxidation sites excluding steroid dienone is 2. The number of amides is 3. The number of rotatable bonds is 24. The Morgan fingerprint density at radius 3 is 1.34 bits per heavy atom. The minimum absolute atomic E-state index is 0. The minimum atomic E-state index is -1.67. The van der Waals surface area contributed by atoms with Crippen LogP contribution in [0.3, 0.4) is 0 Å². The predicted octanol–water partition coefficient (Wildman–Crippen LogP) is 14.1. The number of benzene rings is 5. The third kappa shape index (κ3) is 72.3. The first-order valence-corrected chi connectivity index (χ1v) is 45.9. The molecule has 4 aromatic heterocycles. The van der Waals surface area contributed by atoms with Crippen LogP contribution in [-0.2, 0) is 98.4 Å². The number of aliphatic hydroxyl groups excluding tert-OH is 1. The maximum Gasteiger partial charge on any atom is 1.00 e. The van der Waals surface area contributed by atoms with Gasteiger partial charge in [-0.3, -0.25) is 28.8 Å². The van der Waals surface area contributed by atoms with E-state index in [0.29, 0.717) is 110 Å². The number of carbonyl (C=O) groups excluding carboxylic acids is 11. The summed E-state index contributed by atoms with van der Waals surface area (Å²) < 4.78 is 67.7. The molecule has 1 aliphatic rings. The van der Waals surface area contributed by atoms with Crippen molar-refractivity contribution in [1.82, 2.24) is 39.7 Å². The van der Waals surface area contributed by atoms with Gasteiger partial charge in [0.25, 0.3) is 5.91 Å². The van der Waals surface area contributed by atoms with Gasteiger partial charge in [-0.15, -0.1) is 0 Å². The summed E-state index contributed by atoms with van der Waals surface area (Å²) in [6, 6.07) is 39.2. The Labute approximate surface area is 881 Å². The third-order valence-corrected chi connectivity index (χ3v) is 15.7. The van der Waals surface area contributed by atoms with E-state index in [-0.39, 0.29) is 54.3 Å². The van der Waals surface area contributed by atoms with E-state index in [0.717, 1.165) is 39.1 Å². The van der Waals surface area contributed by atoms with Crippen LogP contribution in [0.5, 0.6) is 11.8 Å². The number of carbonyl (C=O) groups is 12. The van der Waals surface area contributed by atoms with Crippen LogP contribution in [0.25, 0.3) is 27.4 Å². The quantitative estimate of drug-likeness (QED) is 0.00238. The van der Waals surface area contributed by atoms with E-state index in [1.165, 1.54) is 119 Å². The molecule has 0 atom stereocenters. The number of aromatic carboxylic acids is 1. The van der Waals surface area contributed by atoms with Crippen LogP contribution < -0.4 is 51.8 Å². The van der Waals surface area contributed by atoms with E-state index < -0.39 is 77.5 Å². The van der Waals surface area contributed by atoms with Crippen molar-refractivity contribution in [3.05, 3.63) is 268 Å². The number of aromatic nitrogens is 6. The number of methoxy groups -OCH3 is 4. The molecule has 1 fully saturated rings. The Bertz CT molecular complexity index is 5520. The molecular weight excluding hydrogens is 2050 g/mol. The van der Waals surface area contributed by atoms with Crippen LogP contribution in [-0.4, -0.2) is 229 Å². The number of hydrogen-bond donors (Lipinski definition) is 8. The van der Waals surface area contributed by atoms with Crippen molar-refractivity contribution >= 4 is 196 Å². The second kappa shape index (κ2) is 83.5. The molecule has 1 aliphatic heterocycles. The summed E-state index contributed by atoms with van der Waals surface area (Å²) in [6.45, 7) is 26.5. The first kappa shape index (κ1) is 140. The number of esters is 4. The van der Waals surface area contributed by atoms with Crippen LogP contribution in [0.4, 0.5) is 26.7 Å². The number of hydrogen-bond acceptors (Lipinski definition) is 36. The molecule has 5 aromatic carbocycles. The molecule has 42 nitrogen and oxygen atoms in total. The Morgan fingerprint density at radius 2 is 0.951 bits per heavy atom. The number of nitrogen functional groups attached to an aromatic ring is 2. The van der Waals surface area contributed by atoms with Gasteiger partial charge in [0.05, 0.1) is 138 Å². The Morgan fingerprint density at radius 1 is 0.549 bits per heavy atom. The molecule has 51 heteroatoms. The second-order valence-corrected chi connectivity index (χ2v) is 32.2. The second-order valence-electron chi connectivity index (χ2n) is 27.8. The molecule has 0 aliphatic carbocycles. The maximum absolute atomic E-state index is 12.1. The Balaban J connectivity index is -0.000000508. The summed E-state index contributed by atoms with van der Waals surface area (Å²) in [4.78, 5) is 167. The molecule has 0 saturated carbocycles. The third-order valence-electron chi connectivity index (χ3n) is 14.8. The van der Waals surface area contributed by atoms with Gasteiger partial charge in [-0.1, -0.05) is 48.5 Å². The molecule has 11 N–H and O–H groups in total. The molecular formula is C93H117Cl7LiN13O29S. The van der Waals surface area contributed by atoms with Crippen LogP contribution in [0.1, 0.15) is 145 Å². The van der Waals surface area contributed by atoms with Crippen molar-refractivity contribution in [2.24, 2.45) is 5.84 Å². The van der Waals surface area contributed by atoms with Crippen LogP contribution in [0.2, 0.25) is 5.15 Å². The number of carboxylic acids is 1. The van der Waals surface area contributed by atoms with Gasteiger partial charge in [0.1, 0.15) is 29.0 Å². The van der Waals surface area contributed by atoms with E-state index in [9.17, 15) is 62.3 Å². The Kier molecular flexibility index (Phi) is 80.9. The van der Waals surface area contributed by atoms with Gasteiger partial charge in [0, 0.05) is 126 Å². The van der Waals surface area contributed by atoms with Crippen LogP contribution >= 0.6 is 79.4 Å². The topological polar surface area (TPSA) is 601 Å². The number of halogens is 7. The van der Waals surface area contributed by atoms with E-state index in [1.54, 1.807) is 156 Å². The summed E-state index contributed by atoms with van der Waals surface area (Å²) >= 11 is 24.5. The molecule has 0 unspecified atom stereocenters. The molecule has 0 bridgehead atoms. The summed E-state index contributed by atoms with van der Waals surface area (Å²) in [5.74, 6) is 1.67. The molecule has 144 heavy (non-hydrogen) atoms. The maximum atomic E-state index is 12.1. The van der Waals surface area contributed by atoms with E-state index >= 15 is 0 Å². The van der Waals surface area contributed by atoms with Gasteiger partial charge in [-0.2, -0.15) is 0 Å². The number of nitrogens with zero attached hydrogens (tertiary/aromatic N) is 8. The van der Waals surface area contributed by atoms with Crippen molar-refractivity contribution in [3.8, 4) is 11.8 Å². The first-order chi connectivity index (χ1) is 67.5. The van der Waals surface area contributed by atoms with Crippen LogP contribution in [0, 0.1) is 0 Å². The molecule has 0 radical (unpaired) electrons. The van der Waals surface area contributed by atoms with Crippen molar-refractivity contribution < 1.29 is 153 Å². The summed E-state index contributed by atoms with van der Waals surface area (Å²) in [7, 11) is 16.9. The monoisotopic (exact) mass is 2160 g/mol. The number of fused-ring (bicyclic) bond motifs is 2. The number of H-pyrrole nitrogens is 1. The number of carboxylic acid groups (broad SMARTS) is 1. The fraction of sp³-hybridized carbons (Fsp3) is 0.312. The molecule has 1 saturated heterocycles. The molecule has 784 valence electrons. The van der Waals surface area contributed by atoms with Crippen molar-refractivity contribution in [3.63, 3.8) is 0 Å². The number of aliphatic hydroxyl groups is 1. The fourth-order valence-corrected chi connectivity index (χ4v) is 9.32. The van der Waals surface area contributed by atoms with Gasteiger partial charge in [0.15, 0.2) is 0 Å². The zero-order chi connectivity index (χ0) is 110. The number of pyridine rings is 2. The fourth-order valence-electron chi connectivity index (χ4n) is 9.04. The largest absolute Gasteiger partial charge is 1.00 e. The normalized spacial score (nSPS) is 10.2. The van der Waals surface area contributed by atoms with E-state index in [1.807, 2.05) is 54.1 Å². The number of nitrogens with one attached hydrogen (secondary N) is 2. The molecule has 5 heterocycles. The van der Waals surface area contributed by atoms with Gasteiger partial charge in [0.2, 0.25) is 37.0 Å². The summed E-state index contributed by atoms with van der Waals surface area (Å²) in [6.07, 6.45) is 13.3. The molecule has 9 aromatic rings. The summed E-state index contributed by atoms with van der Waals surface area (Å²) in [5, 5.41) is 23.4. The summed E-state index contributed by atoms with van der Waals surface area (Å²) in [5.41, 5.74) is 17.5. The smallest absolute Gasteiger partial charge is 0.502 e. The predicted molar refractivity (Wildman–Crippen MR) is 545 cm³/mol. The zero-order valence-electron chi connectivity index (χ0n) is 82.2. The van der Waals surface area contributed by atoms with Crippen LogP contribution in [0.15, 0.2) is 213 Å². The average molecular weight is 2170 g/mol. The van der Waals surface area contributed by atoms with Gasteiger partial charge in [-0.05, 0) is 226 Å². The van der Waals surface area contributed by atoms with Crippen molar-refractivity contribution in [2.75, 3.05) is 106 Å². The van der Waals surface area contributed by atoms with E-state index in [4.69, 9.17) is 94.3 Å².